The quantitative estimate of drug-likeness (QED) is 0.448. The van der Waals surface area contributed by atoms with Gasteiger partial charge in [0.05, 0.1) is 13.2 Å². The predicted octanol–water partition coefficient (Wildman–Crippen LogP) is 3.34. The zero-order valence-electron chi connectivity index (χ0n) is 8.51. The molecule has 1 atom stereocenters. The lowest BCUT2D eigenvalue weighted by atomic mass is 10.5. The molecule has 0 saturated carbocycles. The van der Waals surface area contributed by atoms with Crippen molar-refractivity contribution in [2.24, 2.45) is 0 Å². The highest BCUT2D eigenvalue weighted by molar-refractivity contribution is 8.00. The molecule has 0 aromatic carbocycles. The summed E-state index contributed by atoms with van der Waals surface area (Å²) in [5, 5.41) is 0.548. The van der Waals surface area contributed by atoms with E-state index in [1.165, 1.54) is 0 Å². The van der Waals surface area contributed by atoms with E-state index in [0.29, 0.717) is 5.25 Å². The fraction of sp³-hybridized carbons (Fsp3) is 1.00. The van der Waals surface area contributed by atoms with Gasteiger partial charge in [-0.3, -0.25) is 0 Å². The third kappa shape index (κ3) is 11.3. The van der Waals surface area contributed by atoms with Gasteiger partial charge in [-0.1, -0.05) is 6.92 Å². The van der Waals surface area contributed by atoms with Gasteiger partial charge in [0.15, 0.2) is 0 Å². The molecular weight excluding hydrogens is 259 g/mol. The topological polar surface area (TPSA) is 9.23 Å². The minimum Gasteiger partial charge on any atom is -0.379 e. The van der Waals surface area contributed by atoms with Crippen LogP contribution in [0.3, 0.4) is 0 Å². The summed E-state index contributed by atoms with van der Waals surface area (Å²) in [7, 11) is 0. The van der Waals surface area contributed by atoms with E-state index < -0.39 is 0 Å². The first-order valence-corrected chi connectivity index (χ1v) is 7.97. The lowest BCUT2D eigenvalue weighted by Crippen LogP contribution is -2.10. The molecule has 0 N–H and O–H groups in total. The standard InChI is InChI=1S/C9H18Cl2OS2/c1-9(14-6-3-11)8-12-4-7-13-5-2-10/h9H,2-8H2,1H3. The van der Waals surface area contributed by atoms with Gasteiger partial charge in [0.1, 0.15) is 0 Å². The number of hydrogen-bond donors (Lipinski definition) is 0. The van der Waals surface area contributed by atoms with Gasteiger partial charge in [-0.25, -0.2) is 0 Å². The predicted molar refractivity (Wildman–Crippen MR) is 71.5 cm³/mol. The van der Waals surface area contributed by atoms with Crippen LogP contribution >= 0.6 is 46.7 Å². The maximum Gasteiger partial charge on any atom is 0.0582 e. The first-order valence-electron chi connectivity index (χ1n) is 4.70. The molecule has 0 rings (SSSR count). The molecule has 86 valence electrons. The van der Waals surface area contributed by atoms with Crippen molar-refractivity contribution in [1.82, 2.24) is 0 Å². The Hall–Kier alpha value is 1.24. The van der Waals surface area contributed by atoms with Gasteiger partial charge in [0, 0.05) is 34.3 Å². The van der Waals surface area contributed by atoms with E-state index in [-0.39, 0.29) is 0 Å². The lowest BCUT2D eigenvalue weighted by molar-refractivity contribution is 0.154. The van der Waals surface area contributed by atoms with E-state index in [4.69, 9.17) is 27.9 Å². The molecule has 0 aliphatic heterocycles. The number of thioether (sulfide) groups is 2. The third-order valence-corrected chi connectivity index (χ3v) is 4.34. The molecule has 0 aromatic heterocycles. The second-order valence-corrected chi connectivity index (χ2v) is 6.27. The molecule has 0 aliphatic rings. The van der Waals surface area contributed by atoms with Gasteiger partial charge in [-0.15, -0.1) is 23.2 Å². The summed E-state index contributed by atoms with van der Waals surface area (Å²) in [5.41, 5.74) is 0. The maximum absolute atomic E-state index is 5.59. The SMILES string of the molecule is CC(COCCSCCCl)SCCCl. The van der Waals surface area contributed by atoms with E-state index in [1.54, 1.807) is 0 Å². The molecule has 14 heavy (non-hydrogen) atoms. The fourth-order valence-corrected chi connectivity index (χ4v) is 2.65. The molecule has 5 heteroatoms. The highest BCUT2D eigenvalue weighted by atomic mass is 35.5. The highest BCUT2D eigenvalue weighted by Crippen LogP contribution is 2.11. The maximum atomic E-state index is 5.59. The summed E-state index contributed by atoms with van der Waals surface area (Å²) in [6, 6.07) is 0. The van der Waals surface area contributed by atoms with Crippen molar-refractivity contribution in [1.29, 1.82) is 0 Å². The van der Waals surface area contributed by atoms with Crippen molar-refractivity contribution in [2.75, 3.05) is 42.2 Å². The van der Waals surface area contributed by atoms with Crippen LogP contribution in [-0.2, 0) is 4.74 Å². The van der Waals surface area contributed by atoms with Crippen molar-refractivity contribution >= 4 is 46.7 Å². The van der Waals surface area contributed by atoms with Crippen molar-refractivity contribution in [2.45, 2.75) is 12.2 Å². The average Bonchev–Trinajstić information content (AvgIpc) is 2.20. The normalized spacial score (nSPS) is 13.1. The number of ether oxygens (including phenoxy) is 1. The Kier molecular flexibility index (Phi) is 13.4. The zero-order chi connectivity index (χ0) is 10.6. The largest absolute Gasteiger partial charge is 0.379 e. The molecule has 0 aromatic rings. The minimum atomic E-state index is 0.548. The molecule has 1 nitrogen and oxygen atoms in total. The first-order chi connectivity index (χ1) is 6.81. The van der Waals surface area contributed by atoms with Crippen LogP contribution in [0, 0.1) is 0 Å². The summed E-state index contributed by atoms with van der Waals surface area (Å²) in [5.74, 6) is 4.52. The summed E-state index contributed by atoms with van der Waals surface area (Å²) in [6.45, 7) is 3.82. The molecule has 1 unspecified atom stereocenters. The molecule has 0 heterocycles. The van der Waals surface area contributed by atoms with Crippen molar-refractivity contribution < 1.29 is 4.74 Å². The zero-order valence-corrected chi connectivity index (χ0v) is 11.7. The van der Waals surface area contributed by atoms with E-state index in [1.807, 2.05) is 23.5 Å². The van der Waals surface area contributed by atoms with Crippen LogP contribution in [0.25, 0.3) is 0 Å². The van der Waals surface area contributed by atoms with E-state index in [0.717, 1.165) is 42.2 Å². The summed E-state index contributed by atoms with van der Waals surface area (Å²) in [6.07, 6.45) is 0. The summed E-state index contributed by atoms with van der Waals surface area (Å²) >= 11 is 14.8. The Bertz CT molecular complexity index is 117. The summed E-state index contributed by atoms with van der Waals surface area (Å²) in [4.78, 5) is 0. The molecule has 0 bridgehead atoms. The van der Waals surface area contributed by atoms with E-state index >= 15 is 0 Å². The molecule has 0 radical (unpaired) electrons. The van der Waals surface area contributed by atoms with Gasteiger partial charge in [0.25, 0.3) is 0 Å². The van der Waals surface area contributed by atoms with Crippen LogP contribution < -0.4 is 0 Å². The van der Waals surface area contributed by atoms with Crippen LogP contribution in [0.1, 0.15) is 6.92 Å². The Morgan fingerprint density at radius 3 is 2.50 bits per heavy atom. The van der Waals surface area contributed by atoms with E-state index in [2.05, 4.69) is 6.92 Å². The third-order valence-electron chi connectivity index (χ3n) is 1.43. The number of rotatable bonds is 10. The molecule has 0 fully saturated rings. The first kappa shape index (κ1) is 15.2. The van der Waals surface area contributed by atoms with Crippen LogP contribution in [0.5, 0.6) is 0 Å². The molecular formula is C9H18Cl2OS2. The minimum absolute atomic E-state index is 0.548. The number of alkyl halides is 2. The Morgan fingerprint density at radius 1 is 1.14 bits per heavy atom. The molecule has 0 spiro atoms. The number of hydrogen-bond acceptors (Lipinski definition) is 3. The Balaban J connectivity index is 3.02. The van der Waals surface area contributed by atoms with Crippen LogP contribution in [0.2, 0.25) is 0 Å². The van der Waals surface area contributed by atoms with Gasteiger partial charge >= 0.3 is 0 Å². The fourth-order valence-electron chi connectivity index (χ4n) is 0.818. The highest BCUT2D eigenvalue weighted by Gasteiger charge is 2.01. The van der Waals surface area contributed by atoms with Gasteiger partial charge in [-0.05, 0) is 0 Å². The van der Waals surface area contributed by atoms with Crippen molar-refractivity contribution in [3.63, 3.8) is 0 Å². The van der Waals surface area contributed by atoms with E-state index in [9.17, 15) is 0 Å². The smallest absolute Gasteiger partial charge is 0.0582 e. The Labute approximate surface area is 106 Å². The van der Waals surface area contributed by atoms with Gasteiger partial charge in [0.2, 0.25) is 0 Å². The Morgan fingerprint density at radius 2 is 1.86 bits per heavy atom. The van der Waals surface area contributed by atoms with Gasteiger partial charge < -0.3 is 4.74 Å². The second kappa shape index (κ2) is 12.3. The van der Waals surface area contributed by atoms with Crippen LogP contribution in [-0.4, -0.2) is 47.5 Å². The van der Waals surface area contributed by atoms with Crippen LogP contribution in [0.4, 0.5) is 0 Å². The summed E-state index contributed by atoms with van der Waals surface area (Å²) < 4.78 is 5.51. The average molecular weight is 277 g/mol. The molecule has 0 saturated heterocycles. The lowest BCUT2D eigenvalue weighted by Gasteiger charge is -2.10. The second-order valence-electron chi connectivity index (χ2n) is 2.75. The van der Waals surface area contributed by atoms with Crippen molar-refractivity contribution in [3.8, 4) is 0 Å². The van der Waals surface area contributed by atoms with Gasteiger partial charge in [-0.2, -0.15) is 23.5 Å². The number of halogens is 2. The van der Waals surface area contributed by atoms with Crippen molar-refractivity contribution in [3.05, 3.63) is 0 Å². The molecule has 0 amide bonds. The van der Waals surface area contributed by atoms with Crippen LogP contribution in [0.15, 0.2) is 0 Å². The monoisotopic (exact) mass is 276 g/mol. The molecule has 0 aliphatic carbocycles.